The van der Waals surface area contributed by atoms with Gasteiger partial charge in [0.2, 0.25) is 5.91 Å². The fraction of sp³-hybridized carbons (Fsp3) is 0.435. The van der Waals surface area contributed by atoms with Gasteiger partial charge in [0, 0.05) is 51.4 Å². The number of rotatable bonds is 7. The van der Waals surface area contributed by atoms with Gasteiger partial charge in [-0.25, -0.2) is 4.98 Å². The molecule has 3 aromatic rings. The molecule has 1 saturated heterocycles. The van der Waals surface area contributed by atoms with Crippen molar-refractivity contribution in [2.75, 3.05) is 31.6 Å². The van der Waals surface area contributed by atoms with Crippen molar-refractivity contribution >= 4 is 32.6 Å². The van der Waals surface area contributed by atoms with Gasteiger partial charge in [-0.15, -0.1) is 0 Å². The second kappa shape index (κ2) is 9.35. The number of anilines is 1. The van der Waals surface area contributed by atoms with Crippen molar-refractivity contribution in [3.63, 3.8) is 0 Å². The van der Waals surface area contributed by atoms with Gasteiger partial charge in [0.15, 0.2) is 5.13 Å². The van der Waals surface area contributed by atoms with E-state index in [-0.39, 0.29) is 5.91 Å². The lowest BCUT2D eigenvalue weighted by Crippen LogP contribution is -2.36. The third-order valence-corrected chi connectivity index (χ3v) is 6.79. The number of thiazole rings is 1. The number of para-hydroxylation sites is 1. The molecule has 1 atom stereocenters. The van der Waals surface area contributed by atoms with E-state index < -0.39 is 0 Å². The number of piperidine rings is 1. The second-order valence-electron chi connectivity index (χ2n) is 7.84. The molecule has 0 N–H and O–H groups in total. The normalized spacial score (nSPS) is 16.9. The highest BCUT2D eigenvalue weighted by Crippen LogP contribution is 2.32. The number of amides is 1. The Kier molecular flexibility index (Phi) is 6.39. The average molecular weight is 409 g/mol. The summed E-state index contributed by atoms with van der Waals surface area (Å²) in [6.07, 6.45) is 6.55. The summed E-state index contributed by atoms with van der Waals surface area (Å²) in [6.45, 7) is 2.79. The number of pyridine rings is 1. The van der Waals surface area contributed by atoms with E-state index >= 15 is 0 Å². The van der Waals surface area contributed by atoms with Crippen LogP contribution in [0.25, 0.3) is 10.2 Å². The van der Waals surface area contributed by atoms with Crippen LogP contribution >= 0.6 is 11.3 Å². The molecule has 0 radical (unpaired) electrons. The summed E-state index contributed by atoms with van der Waals surface area (Å²) in [5.74, 6) is 0.793. The molecule has 6 heteroatoms. The van der Waals surface area contributed by atoms with Crippen LogP contribution in [-0.2, 0) is 11.2 Å². The molecule has 0 bridgehead atoms. The average Bonchev–Trinajstić information content (AvgIpc) is 3.21. The second-order valence-corrected chi connectivity index (χ2v) is 8.85. The van der Waals surface area contributed by atoms with Crippen LogP contribution in [-0.4, -0.2) is 47.5 Å². The first-order valence-electron chi connectivity index (χ1n) is 10.4. The van der Waals surface area contributed by atoms with Crippen LogP contribution < -0.4 is 4.90 Å². The molecular weight excluding hydrogens is 380 g/mol. The predicted octanol–water partition coefficient (Wildman–Crippen LogP) is 4.39. The number of benzene rings is 1. The summed E-state index contributed by atoms with van der Waals surface area (Å²) < 4.78 is 1.24. The fourth-order valence-electron chi connectivity index (χ4n) is 3.94. The Bertz CT molecular complexity index is 909. The van der Waals surface area contributed by atoms with Gasteiger partial charge in [-0.1, -0.05) is 29.5 Å². The minimum atomic E-state index is 0.234. The number of likely N-dealkylation sites (N-methyl/N-ethyl adjacent to an activating group) is 1. The standard InChI is InChI=1S/C23H28N4OS/c1-26(16-13-19-8-4-5-14-24-19)22(28)12-11-18-7-6-15-27(17-18)23-25-20-9-2-3-10-21(20)29-23/h2-5,8-10,14,18H,6-7,11-13,15-17H2,1H3/t18-/m0/s1. The zero-order valence-corrected chi connectivity index (χ0v) is 17.8. The highest BCUT2D eigenvalue weighted by atomic mass is 32.1. The van der Waals surface area contributed by atoms with Crippen LogP contribution in [0.3, 0.4) is 0 Å². The van der Waals surface area contributed by atoms with Crippen molar-refractivity contribution in [1.29, 1.82) is 0 Å². The van der Waals surface area contributed by atoms with Crippen molar-refractivity contribution in [1.82, 2.24) is 14.9 Å². The lowest BCUT2D eigenvalue weighted by molar-refractivity contribution is -0.130. The highest BCUT2D eigenvalue weighted by molar-refractivity contribution is 7.22. The highest BCUT2D eigenvalue weighted by Gasteiger charge is 2.23. The van der Waals surface area contributed by atoms with Crippen LogP contribution in [0.4, 0.5) is 5.13 Å². The zero-order valence-electron chi connectivity index (χ0n) is 17.0. The van der Waals surface area contributed by atoms with E-state index in [0.717, 1.165) is 48.8 Å². The summed E-state index contributed by atoms with van der Waals surface area (Å²) in [6, 6.07) is 14.2. The maximum atomic E-state index is 12.6. The summed E-state index contributed by atoms with van der Waals surface area (Å²) >= 11 is 1.77. The van der Waals surface area contributed by atoms with Crippen molar-refractivity contribution in [3.8, 4) is 0 Å². The minimum absolute atomic E-state index is 0.234. The number of nitrogens with zero attached hydrogens (tertiary/aromatic N) is 4. The third-order valence-electron chi connectivity index (χ3n) is 5.69. The monoisotopic (exact) mass is 408 g/mol. The van der Waals surface area contributed by atoms with Crippen LogP contribution in [0.5, 0.6) is 0 Å². The van der Waals surface area contributed by atoms with Gasteiger partial charge in [-0.3, -0.25) is 9.78 Å². The number of carbonyl (C=O) groups is 1. The molecule has 152 valence electrons. The smallest absolute Gasteiger partial charge is 0.222 e. The van der Waals surface area contributed by atoms with Crippen LogP contribution in [0.1, 0.15) is 31.4 Å². The minimum Gasteiger partial charge on any atom is -0.348 e. The molecule has 0 spiro atoms. The van der Waals surface area contributed by atoms with Gasteiger partial charge in [-0.2, -0.15) is 0 Å². The maximum Gasteiger partial charge on any atom is 0.222 e. The van der Waals surface area contributed by atoms with Crippen LogP contribution in [0, 0.1) is 5.92 Å². The molecule has 0 saturated carbocycles. The Labute approximate surface area is 176 Å². The van der Waals surface area contributed by atoms with Crippen molar-refractivity contribution in [3.05, 3.63) is 54.4 Å². The molecule has 1 aliphatic heterocycles. The van der Waals surface area contributed by atoms with Gasteiger partial charge in [0.05, 0.1) is 10.2 Å². The number of hydrogen-bond acceptors (Lipinski definition) is 5. The van der Waals surface area contributed by atoms with E-state index in [0.29, 0.717) is 12.3 Å². The molecule has 2 aromatic heterocycles. The van der Waals surface area contributed by atoms with Gasteiger partial charge >= 0.3 is 0 Å². The quantitative estimate of drug-likeness (QED) is 0.582. The van der Waals surface area contributed by atoms with Gasteiger partial charge in [0.25, 0.3) is 0 Å². The predicted molar refractivity (Wildman–Crippen MR) is 119 cm³/mol. The molecular formula is C23H28N4OS. The Balaban J connectivity index is 1.26. The molecule has 29 heavy (non-hydrogen) atoms. The molecule has 1 fully saturated rings. The zero-order chi connectivity index (χ0) is 20.1. The van der Waals surface area contributed by atoms with Crippen LogP contribution in [0.2, 0.25) is 0 Å². The first kappa shape index (κ1) is 19.8. The van der Waals surface area contributed by atoms with Crippen LogP contribution in [0.15, 0.2) is 48.7 Å². The lowest BCUT2D eigenvalue weighted by Gasteiger charge is -2.32. The molecule has 0 aliphatic carbocycles. The molecule has 4 rings (SSSR count). The van der Waals surface area contributed by atoms with Crippen molar-refractivity contribution in [2.24, 2.45) is 5.92 Å². The van der Waals surface area contributed by atoms with E-state index in [9.17, 15) is 4.79 Å². The Morgan fingerprint density at radius 1 is 1.24 bits per heavy atom. The molecule has 1 aliphatic rings. The molecule has 0 unspecified atom stereocenters. The summed E-state index contributed by atoms with van der Waals surface area (Å²) in [7, 11) is 1.90. The summed E-state index contributed by atoms with van der Waals surface area (Å²) in [4.78, 5) is 26.0. The number of fused-ring (bicyclic) bond motifs is 1. The molecule has 3 heterocycles. The maximum absolute atomic E-state index is 12.6. The van der Waals surface area contributed by atoms with Gasteiger partial charge in [0.1, 0.15) is 0 Å². The molecule has 1 amide bonds. The largest absolute Gasteiger partial charge is 0.348 e. The first-order valence-corrected chi connectivity index (χ1v) is 11.2. The van der Waals surface area contributed by atoms with Gasteiger partial charge in [-0.05, 0) is 49.4 Å². The Morgan fingerprint density at radius 2 is 2.10 bits per heavy atom. The number of carbonyl (C=O) groups excluding carboxylic acids is 1. The van der Waals surface area contributed by atoms with E-state index in [4.69, 9.17) is 4.98 Å². The first-order chi connectivity index (χ1) is 14.2. The van der Waals surface area contributed by atoms with Crippen molar-refractivity contribution < 1.29 is 4.79 Å². The Morgan fingerprint density at radius 3 is 2.93 bits per heavy atom. The molecule has 1 aromatic carbocycles. The number of hydrogen-bond donors (Lipinski definition) is 0. The third kappa shape index (κ3) is 5.12. The Hall–Kier alpha value is -2.47. The topological polar surface area (TPSA) is 49.3 Å². The summed E-state index contributed by atoms with van der Waals surface area (Å²) in [5.41, 5.74) is 2.12. The number of aromatic nitrogens is 2. The van der Waals surface area contributed by atoms with Crippen molar-refractivity contribution in [2.45, 2.75) is 32.1 Å². The summed E-state index contributed by atoms with van der Waals surface area (Å²) in [5, 5.41) is 1.12. The van der Waals surface area contributed by atoms with E-state index in [2.05, 4.69) is 28.1 Å². The van der Waals surface area contributed by atoms with E-state index in [1.807, 2.05) is 36.2 Å². The van der Waals surface area contributed by atoms with Gasteiger partial charge < -0.3 is 9.80 Å². The van der Waals surface area contributed by atoms with E-state index in [1.165, 1.54) is 17.5 Å². The lowest BCUT2D eigenvalue weighted by atomic mass is 9.93. The van der Waals surface area contributed by atoms with E-state index in [1.54, 1.807) is 17.5 Å². The fourth-order valence-corrected chi connectivity index (χ4v) is 4.94. The molecule has 5 nitrogen and oxygen atoms in total. The SMILES string of the molecule is CN(CCc1ccccn1)C(=O)CC[C@@H]1CCCN(c2nc3ccccc3s2)C1.